The van der Waals surface area contributed by atoms with Gasteiger partial charge in [0.2, 0.25) is 11.9 Å². The van der Waals surface area contributed by atoms with E-state index in [-0.39, 0.29) is 12.6 Å². The van der Waals surface area contributed by atoms with Gasteiger partial charge in [0.15, 0.2) is 12.2 Å². The molecule has 0 aliphatic heterocycles. The van der Waals surface area contributed by atoms with Crippen molar-refractivity contribution in [3.8, 4) is 0 Å². The summed E-state index contributed by atoms with van der Waals surface area (Å²) in [5.41, 5.74) is 12.9. The first kappa shape index (κ1) is 20.4. The molecule has 0 aromatic heterocycles. The first-order chi connectivity index (χ1) is 10.7. The quantitative estimate of drug-likeness (QED) is 0.175. The molecule has 0 bridgehead atoms. The molecule has 0 fully saturated rings. The van der Waals surface area contributed by atoms with E-state index in [0.29, 0.717) is 5.17 Å². The summed E-state index contributed by atoms with van der Waals surface area (Å²) in [6.07, 6.45) is -2.04. The fourth-order valence-electron chi connectivity index (χ4n) is 1.07. The van der Waals surface area contributed by atoms with Crippen LogP contribution in [0.15, 0.2) is 5.10 Å². The van der Waals surface area contributed by atoms with Gasteiger partial charge in [-0.25, -0.2) is 19.9 Å². The SMILES string of the molecule is CCOC(=O)C(C)ONC(N)=NN(OC(C)C(=O)OC)C(=N)N. The number of esters is 2. The van der Waals surface area contributed by atoms with Crippen LogP contribution in [0.4, 0.5) is 0 Å². The maximum atomic E-state index is 11.3. The predicted octanol–water partition coefficient (Wildman–Crippen LogP) is -1.62. The van der Waals surface area contributed by atoms with E-state index in [0.717, 1.165) is 0 Å². The number of hydrazone groups is 1. The highest BCUT2D eigenvalue weighted by Gasteiger charge is 2.20. The highest BCUT2D eigenvalue weighted by atomic mass is 16.7. The molecule has 23 heavy (non-hydrogen) atoms. The predicted molar refractivity (Wildman–Crippen MR) is 78.3 cm³/mol. The van der Waals surface area contributed by atoms with Crippen LogP contribution in [-0.2, 0) is 28.7 Å². The number of nitrogens with one attached hydrogen (secondary N) is 2. The zero-order valence-corrected chi connectivity index (χ0v) is 13.4. The van der Waals surface area contributed by atoms with Gasteiger partial charge in [0.1, 0.15) is 0 Å². The molecule has 0 saturated carbocycles. The molecule has 0 aliphatic rings. The van der Waals surface area contributed by atoms with E-state index in [9.17, 15) is 9.59 Å². The summed E-state index contributed by atoms with van der Waals surface area (Å²) < 4.78 is 9.17. The molecular weight excluding hydrogens is 312 g/mol. The molecular formula is C11H22N6O6. The fraction of sp³-hybridized carbons (Fsp3) is 0.636. The smallest absolute Gasteiger partial charge is 0.337 e. The minimum atomic E-state index is -1.08. The second kappa shape index (κ2) is 10.2. The average Bonchev–Trinajstić information content (AvgIpc) is 2.50. The molecule has 12 heteroatoms. The Morgan fingerprint density at radius 3 is 2.35 bits per heavy atom. The van der Waals surface area contributed by atoms with Gasteiger partial charge in [-0.05, 0) is 20.8 Å². The monoisotopic (exact) mass is 334 g/mol. The van der Waals surface area contributed by atoms with Gasteiger partial charge in [0.25, 0.3) is 0 Å². The lowest BCUT2D eigenvalue weighted by Crippen LogP contribution is -2.43. The molecule has 0 spiro atoms. The number of methoxy groups -OCH3 is 1. The molecule has 2 unspecified atom stereocenters. The molecule has 0 saturated heterocycles. The summed E-state index contributed by atoms with van der Waals surface area (Å²) in [7, 11) is 1.17. The second-order valence-corrected chi connectivity index (χ2v) is 4.03. The molecule has 0 aliphatic carbocycles. The van der Waals surface area contributed by atoms with E-state index in [1.165, 1.54) is 21.0 Å². The summed E-state index contributed by atoms with van der Waals surface area (Å²) in [6, 6.07) is 0. The Balaban J connectivity index is 4.65. The van der Waals surface area contributed by atoms with Crippen molar-refractivity contribution in [3.63, 3.8) is 0 Å². The number of hydroxylamine groups is 2. The van der Waals surface area contributed by atoms with Crippen LogP contribution < -0.4 is 16.9 Å². The Kier molecular flexibility index (Phi) is 9.03. The van der Waals surface area contributed by atoms with Crippen LogP contribution in [0.2, 0.25) is 0 Å². The fourth-order valence-corrected chi connectivity index (χ4v) is 1.07. The molecule has 0 rings (SSSR count). The van der Waals surface area contributed by atoms with Gasteiger partial charge in [0, 0.05) is 0 Å². The summed E-state index contributed by atoms with van der Waals surface area (Å²) in [4.78, 5) is 32.5. The summed E-state index contributed by atoms with van der Waals surface area (Å²) in [5.74, 6) is -2.34. The number of hydrogen-bond donors (Lipinski definition) is 4. The molecule has 0 radical (unpaired) electrons. The first-order valence-electron chi connectivity index (χ1n) is 6.54. The van der Waals surface area contributed by atoms with E-state index < -0.39 is 30.1 Å². The van der Waals surface area contributed by atoms with Gasteiger partial charge in [-0.2, -0.15) is 0 Å². The van der Waals surface area contributed by atoms with Gasteiger partial charge >= 0.3 is 11.9 Å². The van der Waals surface area contributed by atoms with Crippen LogP contribution in [-0.4, -0.2) is 55.0 Å². The van der Waals surface area contributed by atoms with Crippen molar-refractivity contribution in [1.29, 1.82) is 5.41 Å². The molecule has 0 heterocycles. The molecule has 2 atom stereocenters. The number of nitrogens with zero attached hydrogens (tertiary/aromatic N) is 2. The van der Waals surface area contributed by atoms with Crippen LogP contribution >= 0.6 is 0 Å². The molecule has 0 aromatic carbocycles. The number of hydrogen-bond acceptors (Lipinski definition) is 8. The Morgan fingerprint density at radius 2 is 1.87 bits per heavy atom. The Bertz CT molecular complexity index is 456. The largest absolute Gasteiger partial charge is 0.467 e. The molecule has 0 aromatic rings. The average molecular weight is 334 g/mol. The Morgan fingerprint density at radius 1 is 1.26 bits per heavy atom. The lowest BCUT2D eigenvalue weighted by molar-refractivity contribution is -0.182. The molecule has 0 amide bonds. The zero-order valence-electron chi connectivity index (χ0n) is 13.4. The second-order valence-electron chi connectivity index (χ2n) is 4.03. The maximum Gasteiger partial charge on any atom is 0.337 e. The van der Waals surface area contributed by atoms with Crippen LogP contribution in [0.3, 0.4) is 0 Å². The molecule has 12 nitrogen and oxygen atoms in total. The van der Waals surface area contributed by atoms with Crippen molar-refractivity contribution in [1.82, 2.24) is 10.7 Å². The molecule has 6 N–H and O–H groups in total. The van der Waals surface area contributed by atoms with Gasteiger partial charge in [0.05, 0.1) is 13.7 Å². The van der Waals surface area contributed by atoms with Crippen LogP contribution in [0, 0.1) is 5.41 Å². The van der Waals surface area contributed by atoms with E-state index in [1.807, 2.05) is 0 Å². The zero-order chi connectivity index (χ0) is 18.0. The third-order valence-electron chi connectivity index (χ3n) is 2.15. The van der Waals surface area contributed by atoms with Gasteiger partial charge in [-0.1, -0.05) is 5.17 Å². The number of ether oxygens (including phenoxy) is 2. The number of carbonyl (C=O) groups excluding carboxylic acids is 2. The highest BCUT2D eigenvalue weighted by molar-refractivity contribution is 5.81. The van der Waals surface area contributed by atoms with Crippen molar-refractivity contribution < 1.29 is 28.7 Å². The summed E-state index contributed by atoms with van der Waals surface area (Å²) in [6.45, 7) is 4.64. The van der Waals surface area contributed by atoms with Gasteiger partial charge in [-0.15, -0.1) is 5.10 Å². The van der Waals surface area contributed by atoms with Gasteiger partial charge in [-0.3, -0.25) is 10.2 Å². The Hall–Kier alpha value is -2.60. The highest BCUT2D eigenvalue weighted by Crippen LogP contribution is 2.00. The Labute approximate surface area is 133 Å². The van der Waals surface area contributed by atoms with Crippen molar-refractivity contribution in [2.75, 3.05) is 13.7 Å². The topological polar surface area (TPSA) is 175 Å². The van der Waals surface area contributed by atoms with Crippen LogP contribution in [0.1, 0.15) is 20.8 Å². The maximum absolute atomic E-state index is 11.3. The van der Waals surface area contributed by atoms with Crippen LogP contribution in [0.25, 0.3) is 0 Å². The van der Waals surface area contributed by atoms with Crippen LogP contribution in [0.5, 0.6) is 0 Å². The third-order valence-corrected chi connectivity index (χ3v) is 2.15. The minimum absolute atomic E-state index is 0.202. The number of nitrogens with two attached hydrogens (primary N) is 2. The number of guanidine groups is 2. The third kappa shape index (κ3) is 7.82. The van der Waals surface area contributed by atoms with Crippen molar-refractivity contribution in [3.05, 3.63) is 0 Å². The summed E-state index contributed by atoms with van der Waals surface area (Å²) >= 11 is 0. The van der Waals surface area contributed by atoms with Crippen molar-refractivity contribution in [2.24, 2.45) is 16.6 Å². The molecule has 132 valence electrons. The first-order valence-corrected chi connectivity index (χ1v) is 6.54. The van der Waals surface area contributed by atoms with Gasteiger partial charge < -0.3 is 20.9 Å². The van der Waals surface area contributed by atoms with E-state index >= 15 is 0 Å². The summed E-state index contributed by atoms with van der Waals surface area (Å²) in [5, 5.41) is 11.4. The standard InChI is InChI=1S/C11H22N6O6/c1-5-21-9(19)6(2)22-16-11(14)15-17(10(12)13)23-7(3)8(18)20-4/h6-7H,5H2,1-4H3,(H3,12,13)(H3,14,15,16). The van der Waals surface area contributed by atoms with E-state index in [2.05, 4.69) is 15.3 Å². The minimum Gasteiger partial charge on any atom is -0.467 e. The number of rotatable bonds is 8. The van der Waals surface area contributed by atoms with Crippen molar-refractivity contribution >= 4 is 23.9 Å². The van der Waals surface area contributed by atoms with E-state index in [4.69, 9.17) is 31.3 Å². The lowest BCUT2D eigenvalue weighted by Gasteiger charge is -2.20. The number of carbonyl (C=O) groups is 2. The van der Waals surface area contributed by atoms with E-state index in [1.54, 1.807) is 6.92 Å². The lowest BCUT2D eigenvalue weighted by atomic mass is 10.4. The normalized spacial score (nSPS) is 13.7. The van der Waals surface area contributed by atoms with Crippen molar-refractivity contribution in [2.45, 2.75) is 33.0 Å².